The molecular weight excluding hydrogens is 665 g/mol. The van der Waals surface area contributed by atoms with Crippen LogP contribution in [0.25, 0.3) is 22.3 Å². The van der Waals surface area contributed by atoms with Crippen LogP contribution in [0.5, 0.6) is 11.6 Å². The summed E-state index contributed by atoms with van der Waals surface area (Å²) in [6, 6.07) is 32.4. The van der Waals surface area contributed by atoms with Crippen LogP contribution in [-0.2, 0) is 0 Å². The van der Waals surface area contributed by atoms with Crippen LogP contribution in [-0.4, -0.2) is 59.9 Å². The van der Waals surface area contributed by atoms with E-state index >= 15 is 0 Å². The normalized spacial score (nSPS) is 12.1. The maximum atomic E-state index is 6.16. The minimum atomic E-state index is -2.57. The molecule has 5 nitrogen and oxygen atoms in total. The van der Waals surface area contributed by atoms with E-state index in [-0.39, 0.29) is 0 Å². The average molecular weight is 695 g/mol. The van der Waals surface area contributed by atoms with Gasteiger partial charge in [0.25, 0.3) is 0 Å². The third-order valence-corrected chi connectivity index (χ3v) is 16.2. The second-order valence-corrected chi connectivity index (χ2v) is 17.9. The number of fused-ring (bicyclic) bond motifs is 3. The molecule has 1 aliphatic heterocycles. The van der Waals surface area contributed by atoms with Crippen molar-refractivity contribution in [3.63, 3.8) is 0 Å². The first-order valence-electron chi connectivity index (χ1n) is 12.6. The van der Waals surface area contributed by atoms with Gasteiger partial charge in [-0.25, -0.2) is 0 Å². The molecule has 5 aromatic rings. The van der Waals surface area contributed by atoms with E-state index in [4.69, 9.17) is 9.72 Å². The fourth-order valence-corrected chi connectivity index (χ4v) is 14.8. The fraction of sp³-hybridized carbons (Fsp3) is 0.125. The Hall–Kier alpha value is -3.76. The van der Waals surface area contributed by atoms with Crippen molar-refractivity contribution in [3.8, 4) is 33.9 Å². The third kappa shape index (κ3) is 4.65. The maximum absolute atomic E-state index is 6.16. The predicted octanol–water partition coefficient (Wildman–Crippen LogP) is 4.56. The molecule has 0 amide bonds. The number of hydrogen-bond acceptors (Lipinski definition) is 5. The summed E-state index contributed by atoms with van der Waals surface area (Å²) < 4.78 is 10.4. The number of rotatable bonds is 6. The second kappa shape index (κ2) is 10.2. The Morgan fingerprint density at radius 1 is 0.605 bits per heavy atom. The van der Waals surface area contributed by atoms with Crippen molar-refractivity contribution in [1.82, 2.24) is 9.97 Å². The average Bonchev–Trinajstić information content (AvgIpc) is 3.27. The zero-order chi connectivity index (χ0) is 26.2. The molecular formula is C32H29BiN4O. The van der Waals surface area contributed by atoms with Crippen LogP contribution in [0.4, 0.5) is 11.4 Å². The second-order valence-electron chi connectivity index (χ2n) is 9.73. The van der Waals surface area contributed by atoms with Gasteiger partial charge in [-0.3, -0.25) is 0 Å². The van der Waals surface area contributed by atoms with Crippen molar-refractivity contribution in [2.24, 2.45) is 0 Å². The minimum absolute atomic E-state index is 0.584. The van der Waals surface area contributed by atoms with Crippen LogP contribution in [0.2, 0.25) is 0 Å². The Balaban J connectivity index is 1.39. The van der Waals surface area contributed by atoms with Gasteiger partial charge in [-0.15, -0.1) is 0 Å². The quantitative estimate of drug-likeness (QED) is 0.240. The van der Waals surface area contributed by atoms with E-state index in [1.54, 1.807) is 6.20 Å². The zero-order valence-corrected chi connectivity index (χ0v) is 25.4. The summed E-state index contributed by atoms with van der Waals surface area (Å²) in [4.78, 5) is 13.5. The summed E-state index contributed by atoms with van der Waals surface area (Å²) in [5.74, 6) is 1.36. The van der Waals surface area contributed by atoms with E-state index in [1.165, 1.54) is 32.3 Å². The van der Waals surface area contributed by atoms with E-state index in [0.717, 1.165) is 17.0 Å². The van der Waals surface area contributed by atoms with Crippen molar-refractivity contribution in [2.75, 3.05) is 38.0 Å². The predicted molar refractivity (Wildman–Crippen MR) is 159 cm³/mol. The topological polar surface area (TPSA) is 41.5 Å². The van der Waals surface area contributed by atoms with Crippen LogP contribution in [0.3, 0.4) is 0 Å². The molecule has 0 unspecified atom stereocenters. The van der Waals surface area contributed by atoms with Gasteiger partial charge in [0.15, 0.2) is 0 Å². The number of nitrogens with zero attached hydrogens (tertiary/aromatic N) is 4. The molecule has 3 heterocycles. The molecule has 2 aromatic heterocycles. The van der Waals surface area contributed by atoms with E-state index in [0.29, 0.717) is 5.88 Å². The molecule has 0 spiro atoms. The Bertz CT molecular complexity index is 1630. The molecule has 38 heavy (non-hydrogen) atoms. The van der Waals surface area contributed by atoms with Crippen molar-refractivity contribution in [1.29, 1.82) is 0 Å². The number of anilines is 2. The molecule has 6 rings (SSSR count). The van der Waals surface area contributed by atoms with Crippen molar-refractivity contribution in [2.45, 2.75) is 0 Å². The van der Waals surface area contributed by atoms with E-state index < -0.39 is 21.8 Å². The van der Waals surface area contributed by atoms with E-state index in [1.807, 2.05) is 49.5 Å². The molecule has 0 bridgehead atoms. The van der Waals surface area contributed by atoms with Crippen LogP contribution >= 0.6 is 0 Å². The molecule has 3 aromatic carbocycles. The summed E-state index contributed by atoms with van der Waals surface area (Å²) in [6.07, 6.45) is 3.74. The molecule has 1 aliphatic rings. The van der Waals surface area contributed by atoms with Crippen molar-refractivity contribution in [3.05, 3.63) is 103 Å². The fourth-order valence-electron chi connectivity index (χ4n) is 4.80. The van der Waals surface area contributed by atoms with Gasteiger partial charge in [0, 0.05) is 0 Å². The first-order chi connectivity index (χ1) is 18.5. The molecule has 6 heteroatoms. The summed E-state index contributed by atoms with van der Waals surface area (Å²) in [5, 5.41) is 0. The SMILES string of the molecule is CN(C)c1ccnc(Oc2cccc(-c3ccc4[c](c3)[Bi]([c]3cc(N(C)C)ccn3)[c]3ccccc3-4)c2)c1. The monoisotopic (exact) mass is 694 g/mol. The molecule has 0 saturated heterocycles. The van der Waals surface area contributed by atoms with E-state index in [9.17, 15) is 0 Å². The standard InChI is InChI=1S/C25H20N2O.C7H9N2.Bi/c1-27(2)23-15-16-26-25(18-23)28-24-10-6-9-22(17-24)21-13-11-20(12-14-21)19-7-4-3-5-8-19;1-9(2)7-3-5-8-6-4-7;/h3-7,9-11,13-18H,1-2H3;3-5H,1-2H3;. The molecule has 0 fully saturated rings. The van der Waals surface area contributed by atoms with Gasteiger partial charge in [0.2, 0.25) is 0 Å². The van der Waals surface area contributed by atoms with Crippen LogP contribution < -0.4 is 24.5 Å². The van der Waals surface area contributed by atoms with Gasteiger partial charge in [0.1, 0.15) is 0 Å². The molecule has 0 N–H and O–H groups in total. The first kappa shape index (κ1) is 24.6. The number of ether oxygens (including phenoxy) is 1. The molecule has 188 valence electrons. The number of pyridine rings is 2. The summed E-state index contributed by atoms with van der Waals surface area (Å²) in [6.45, 7) is 0. The molecule has 0 saturated carbocycles. The summed E-state index contributed by atoms with van der Waals surface area (Å²) in [5.41, 5.74) is 7.30. The summed E-state index contributed by atoms with van der Waals surface area (Å²) in [7, 11) is 8.19. The Morgan fingerprint density at radius 3 is 2.13 bits per heavy atom. The number of aromatic nitrogens is 2. The van der Waals surface area contributed by atoms with Gasteiger partial charge in [0.05, 0.1) is 0 Å². The summed E-state index contributed by atoms with van der Waals surface area (Å²) >= 11 is -2.57. The van der Waals surface area contributed by atoms with Crippen LogP contribution in [0.15, 0.2) is 103 Å². The van der Waals surface area contributed by atoms with Gasteiger partial charge in [-0.2, -0.15) is 0 Å². The van der Waals surface area contributed by atoms with Crippen LogP contribution in [0.1, 0.15) is 0 Å². The van der Waals surface area contributed by atoms with Crippen LogP contribution in [0, 0.1) is 0 Å². The van der Waals surface area contributed by atoms with Crippen molar-refractivity contribution >= 4 is 43.1 Å². The van der Waals surface area contributed by atoms with Gasteiger partial charge >= 0.3 is 233 Å². The Kier molecular flexibility index (Phi) is 6.59. The Morgan fingerprint density at radius 2 is 1.32 bits per heavy atom. The number of hydrogen-bond donors (Lipinski definition) is 0. The molecule has 0 atom stereocenters. The third-order valence-electron chi connectivity index (χ3n) is 6.77. The van der Waals surface area contributed by atoms with Gasteiger partial charge in [-0.05, 0) is 0 Å². The van der Waals surface area contributed by atoms with Gasteiger partial charge in [-0.1, -0.05) is 0 Å². The zero-order valence-electron chi connectivity index (χ0n) is 22.0. The number of benzene rings is 3. The van der Waals surface area contributed by atoms with Crippen molar-refractivity contribution < 1.29 is 4.74 Å². The Labute approximate surface area is 232 Å². The van der Waals surface area contributed by atoms with Gasteiger partial charge < -0.3 is 0 Å². The molecule has 0 aliphatic carbocycles. The molecule has 0 radical (unpaired) electrons. The van der Waals surface area contributed by atoms with E-state index in [2.05, 4.69) is 90.7 Å². The first-order valence-corrected chi connectivity index (χ1v) is 17.8.